The molecule has 0 amide bonds. The molecule has 0 radical (unpaired) electrons. The van der Waals surface area contributed by atoms with Gasteiger partial charge in [0.15, 0.2) is 0 Å². The van der Waals surface area contributed by atoms with E-state index in [1.165, 1.54) is 4.90 Å². The van der Waals surface area contributed by atoms with Gasteiger partial charge in [0, 0.05) is 30.9 Å². The predicted octanol–water partition coefficient (Wildman–Crippen LogP) is 2.57. The number of nitro benzene ring substituents is 1. The van der Waals surface area contributed by atoms with Crippen molar-refractivity contribution >= 4 is 11.4 Å². The summed E-state index contributed by atoms with van der Waals surface area (Å²) >= 11 is 0. The maximum atomic E-state index is 13.1. The van der Waals surface area contributed by atoms with Crippen molar-refractivity contribution in [2.45, 2.75) is 24.6 Å². The number of benzene rings is 1. The van der Waals surface area contributed by atoms with E-state index in [0.29, 0.717) is 6.07 Å². The number of β-amino-alcohol motifs (C(OH)–C–C–N with tert-alkyl or cyclic N) is 1. The van der Waals surface area contributed by atoms with Gasteiger partial charge in [-0.05, 0) is 24.8 Å². The van der Waals surface area contributed by atoms with Crippen LogP contribution in [0.15, 0.2) is 18.2 Å². The van der Waals surface area contributed by atoms with Crippen LogP contribution in [-0.4, -0.2) is 28.7 Å². The minimum absolute atomic E-state index is 0.113. The van der Waals surface area contributed by atoms with Gasteiger partial charge in [0.25, 0.3) is 5.69 Å². The van der Waals surface area contributed by atoms with E-state index in [2.05, 4.69) is 0 Å². The Morgan fingerprint density at radius 1 is 1.33 bits per heavy atom. The fourth-order valence-electron chi connectivity index (χ4n) is 2.80. The maximum Gasteiger partial charge on any atom is 0.418 e. The number of aliphatic hydroxyl groups is 1. The quantitative estimate of drug-likeness (QED) is 0.688. The number of non-ortho nitro benzene ring substituents is 1. The molecule has 1 N–H and O–H groups in total. The Morgan fingerprint density at radius 3 is 2.43 bits per heavy atom. The SMILES string of the molecule is O=[N+]([O-])c1ccc(N2CC(O)(C3CC3)C2)c(C(F)(F)F)c1. The first-order valence-electron chi connectivity index (χ1n) is 6.54. The molecule has 1 saturated carbocycles. The zero-order chi connectivity index (χ0) is 15.4. The molecule has 3 rings (SSSR count). The Bertz CT molecular complexity index is 593. The Morgan fingerprint density at radius 2 is 1.95 bits per heavy atom. The first kappa shape index (κ1) is 14.1. The largest absolute Gasteiger partial charge is 0.418 e. The van der Waals surface area contributed by atoms with E-state index in [9.17, 15) is 28.4 Å². The van der Waals surface area contributed by atoms with Crippen LogP contribution in [0.5, 0.6) is 0 Å². The monoisotopic (exact) mass is 302 g/mol. The summed E-state index contributed by atoms with van der Waals surface area (Å²) in [6, 6.07) is 2.70. The average molecular weight is 302 g/mol. The van der Waals surface area contributed by atoms with Crippen molar-refractivity contribution in [1.29, 1.82) is 0 Å². The van der Waals surface area contributed by atoms with Crippen LogP contribution in [0.2, 0.25) is 0 Å². The fraction of sp³-hybridized carbons (Fsp3) is 0.538. The van der Waals surface area contributed by atoms with E-state index in [1.54, 1.807) is 0 Å². The topological polar surface area (TPSA) is 66.6 Å². The summed E-state index contributed by atoms with van der Waals surface area (Å²) in [4.78, 5) is 11.2. The van der Waals surface area contributed by atoms with Gasteiger partial charge in [0.1, 0.15) is 5.60 Å². The first-order chi connectivity index (χ1) is 9.71. The fourth-order valence-corrected chi connectivity index (χ4v) is 2.80. The van der Waals surface area contributed by atoms with Gasteiger partial charge in [-0.15, -0.1) is 0 Å². The van der Waals surface area contributed by atoms with E-state index in [-0.39, 0.29) is 24.7 Å². The summed E-state index contributed by atoms with van der Waals surface area (Å²) in [7, 11) is 0. The van der Waals surface area contributed by atoms with E-state index >= 15 is 0 Å². The zero-order valence-corrected chi connectivity index (χ0v) is 10.9. The van der Waals surface area contributed by atoms with Crippen LogP contribution in [-0.2, 0) is 6.18 Å². The average Bonchev–Trinajstić information content (AvgIpc) is 3.17. The van der Waals surface area contributed by atoms with Gasteiger partial charge in [-0.25, -0.2) is 0 Å². The van der Waals surface area contributed by atoms with Crippen LogP contribution in [0.3, 0.4) is 0 Å². The maximum absolute atomic E-state index is 13.1. The third-order valence-electron chi connectivity index (χ3n) is 4.10. The third kappa shape index (κ3) is 2.44. The van der Waals surface area contributed by atoms with E-state index in [0.717, 1.165) is 25.0 Å². The van der Waals surface area contributed by atoms with Crippen LogP contribution in [0.4, 0.5) is 24.5 Å². The third-order valence-corrected chi connectivity index (χ3v) is 4.10. The number of hydrogen-bond donors (Lipinski definition) is 1. The Labute approximate surface area is 118 Å². The van der Waals surface area contributed by atoms with Crippen molar-refractivity contribution in [3.63, 3.8) is 0 Å². The minimum Gasteiger partial charge on any atom is -0.386 e. The minimum atomic E-state index is -4.67. The highest BCUT2D eigenvalue weighted by molar-refractivity contribution is 5.61. The summed E-state index contributed by atoms with van der Waals surface area (Å²) in [5.41, 5.74) is -2.65. The second-order valence-electron chi connectivity index (χ2n) is 5.69. The van der Waals surface area contributed by atoms with Gasteiger partial charge in [-0.3, -0.25) is 10.1 Å². The van der Waals surface area contributed by atoms with Gasteiger partial charge in [-0.2, -0.15) is 13.2 Å². The summed E-state index contributed by atoms with van der Waals surface area (Å²) in [5, 5.41) is 20.8. The number of anilines is 1. The molecule has 2 fully saturated rings. The number of halogens is 3. The van der Waals surface area contributed by atoms with E-state index in [1.807, 2.05) is 0 Å². The second-order valence-corrected chi connectivity index (χ2v) is 5.69. The molecule has 0 bridgehead atoms. The van der Waals surface area contributed by atoms with Crippen LogP contribution < -0.4 is 4.90 Å². The number of alkyl halides is 3. The van der Waals surface area contributed by atoms with Crippen LogP contribution in [0.25, 0.3) is 0 Å². The molecular formula is C13H13F3N2O3. The predicted molar refractivity (Wildman–Crippen MR) is 68.0 cm³/mol. The van der Waals surface area contributed by atoms with Crippen molar-refractivity contribution < 1.29 is 23.2 Å². The number of nitro groups is 1. The second kappa shape index (κ2) is 4.33. The molecule has 1 aromatic carbocycles. The van der Waals surface area contributed by atoms with Crippen LogP contribution >= 0.6 is 0 Å². The van der Waals surface area contributed by atoms with Gasteiger partial charge >= 0.3 is 6.18 Å². The number of hydrogen-bond acceptors (Lipinski definition) is 4. The Kier molecular flexibility index (Phi) is 2.91. The van der Waals surface area contributed by atoms with Gasteiger partial charge < -0.3 is 10.0 Å². The van der Waals surface area contributed by atoms with Gasteiger partial charge in [0.05, 0.1) is 10.5 Å². The molecule has 0 atom stereocenters. The molecule has 1 heterocycles. The summed E-state index contributed by atoms with van der Waals surface area (Å²) in [6.07, 6.45) is -2.87. The smallest absolute Gasteiger partial charge is 0.386 e. The lowest BCUT2D eigenvalue weighted by molar-refractivity contribution is -0.385. The lowest BCUT2D eigenvalue weighted by Gasteiger charge is -2.49. The lowest BCUT2D eigenvalue weighted by Crippen LogP contribution is -2.63. The van der Waals surface area contributed by atoms with Crippen molar-refractivity contribution in [2.75, 3.05) is 18.0 Å². The van der Waals surface area contributed by atoms with Crippen molar-refractivity contribution in [1.82, 2.24) is 0 Å². The van der Waals surface area contributed by atoms with Crippen molar-refractivity contribution in [3.8, 4) is 0 Å². The first-order valence-corrected chi connectivity index (χ1v) is 6.54. The highest BCUT2D eigenvalue weighted by Gasteiger charge is 2.53. The van der Waals surface area contributed by atoms with Crippen molar-refractivity contribution in [2.24, 2.45) is 5.92 Å². The van der Waals surface area contributed by atoms with E-state index < -0.39 is 28.0 Å². The molecule has 114 valence electrons. The normalized spacial score (nSPS) is 21.0. The molecule has 1 saturated heterocycles. The zero-order valence-electron chi connectivity index (χ0n) is 10.9. The highest BCUT2D eigenvalue weighted by Crippen LogP contribution is 2.48. The molecule has 2 aliphatic rings. The van der Waals surface area contributed by atoms with Crippen molar-refractivity contribution in [3.05, 3.63) is 33.9 Å². The molecule has 0 unspecified atom stereocenters. The molecule has 21 heavy (non-hydrogen) atoms. The van der Waals surface area contributed by atoms with E-state index in [4.69, 9.17) is 0 Å². The lowest BCUT2D eigenvalue weighted by atomic mass is 9.87. The van der Waals surface area contributed by atoms with Crippen LogP contribution in [0.1, 0.15) is 18.4 Å². The molecule has 8 heteroatoms. The summed E-state index contributed by atoms with van der Waals surface area (Å²) < 4.78 is 39.2. The molecule has 1 aliphatic carbocycles. The molecule has 0 spiro atoms. The number of nitrogens with zero attached hydrogens (tertiary/aromatic N) is 2. The molecule has 1 aromatic rings. The molecule has 5 nitrogen and oxygen atoms in total. The number of rotatable bonds is 3. The van der Waals surface area contributed by atoms with Crippen LogP contribution in [0, 0.1) is 16.0 Å². The Balaban J connectivity index is 1.90. The van der Waals surface area contributed by atoms with Gasteiger partial charge in [-0.1, -0.05) is 0 Å². The Hall–Kier alpha value is -1.83. The standard InChI is InChI=1S/C13H13F3N2O3/c14-13(15,16)10-5-9(18(20)21)3-4-11(10)17-6-12(19,7-17)8-1-2-8/h3-5,8,19H,1-2,6-7H2. The van der Waals surface area contributed by atoms with Gasteiger partial charge in [0.2, 0.25) is 0 Å². The molecule has 1 aliphatic heterocycles. The molecule has 0 aromatic heterocycles. The highest BCUT2D eigenvalue weighted by atomic mass is 19.4. The summed E-state index contributed by atoms with van der Waals surface area (Å²) in [5.74, 6) is 0.168. The summed E-state index contributed by atoms with van der Waals surface area (Å²) in [6.45, 7) is 0.275. The molecular weight excluding hydrogens is 289 g/mol.